The van der Waals surface area contributed by atoms with Crippen molar-refractivity contribution in [2.45, 2.75) is 26.3 Å². The first-order chi connectivity index (χ1) is 7.08. The number of nitrogens with zero attached hydrogens (tertiary/aromatic N) is 2. The number of anilines is 1. The predicted molar refractivity (Wildman–Crippen MR) is 57.3 cm³/mol. The molecule has 0 radical (unpaired) electrons. The highest BCUT2D eigenvalue weighted by Crippen LogP contribution is 2.23. The maximum Gasteiger partial charge on any atom is 0.272 e. The van der Waals surface area contributed by atoms with E-state index >= 15 is 0 Å². The second kappa shape index (κ2) is 3.56. The number of aromatic amines is 1. The molecule has 0 spiro atoms. The minimum atomic E-state index is -0.00366. The average Bonchev–Trinajstić information content (AvgIpc) is 2.71. The lowest BCUT2D eigenvalue weighted by Gasteiger charge is -2.20. The van der Waals surface area contributed by atoms with Crippen LogP contribution in [0.25, 0.3) is 0 Å². The molecule has 2 unspecified atom stereocenters. The van der Waals surface area contributed by atoms with E-state index in [-0.39, 0.29) is 5.91 Å². The van der Waals surface area contributed by atoms with Gasteiger partial charge in [0.05, 0.1) is 0 Å². The fourth-order valence-electron chi connectivity index (χ4n) is 2.18. The predicted octanol–water partition coefficient (Wildman–Crippen LogP) is 0.862. The quantitative estimate of drug-likeness (QED) is 0.718. The number of nitrogen functional groups attached to an aromatic ring is 1. The Kier molecular flexibility index (Phi) is 2.38. The van der Waals surface area contributed by atoms with E-state index in [1.165, 1.54) is 0 Å². The van der Waals surface area contributed by atoms with E-state index in [9.17, 15) is 4.79 Å². The third kappa shape index (κ3) is 1.82. The first kappa shape index (κ1) is 10.0. The Bertz CT molecular complexity index is 373. The highest BCUT2D eigenvalue weighted by molar-refractivity contribution is 5.93. The number of aromatic nitrogens is 2. The first-order valence-electron chi connectivity index (χ1n) is 5.19. The van der Waals surface area contributed by atoms with Gasteiger partial charge in [-0.2, -0.15) is 5.10 Å². The van der Waals surface area contributed by atoms with E-state index in [0.717, 1.165) is 13.0 Å². The Labute approximate surface area is 88.6 Å². The smallest absolute Gasteiger partial charge is 0.272 e. The Morgan fingerprint density at radius 1 is 1.67 bits per heavy atom. The summed E-state index contributed by atoms with van der Waals surface area (Å²) in [6, 6.07) is 1.88. The molecule has 1 amide bonds. The van der Waals surface area contributed by atoms with Crippen LogP contribution in [0.1, 0.15) is 30.8 Å². The van der Waals surface area contributed by atoms with Gasteiger partial charge in [0, 0.05) is 18.7 Å². The maximum atomic E-state index is 12.0. The number of amides is 1. The molecule has 82 valence electrons. The second-order valence-corrected chi connectivity index (χ2v) is 4.35. The van der Waals surface area contributed by atoms with E-state index in [1.54, 1.807) is 6.07 Å². The molecule has 1 aromatic heterocycles. The van der Waals surface area contributed by atoms with E-state index < -0.39 is 0 Å². The minimum absolute atomic E-state index is 0.00366. The van der Waals surface area contributed by atoms with E-state index in [1.807, 2.05) is 4.90 Å². The van der Waals surface area contributed by atoms with Crippen molar-refractivity contribution >= 4 is 11.7 Å². The van der Waals surface area contributed by atoms with Crippen LogP contribution in [0.15, 0.2) is 6.07 Å². The van der Waals surface area contributed by atoms with Crippen LogP contribution in [0.4, 0.5) is 5.82 Å². The van der Waals surface area contributed by atoms with Crippen molar-refractivity contribution in [2.24, 2.45) is 5.92 Å². The monoisotopic (exact) mass is 208 g/mol. The summed E-state index contributed by atoms with van der Waals surface area (Å²) in [6.07, 6.45) is 1.06. The Balaban J connectivity index is 2.15. The first-order valence-corrected chi connectivity index (χ1v) is 5.19. The summed E-state index contributed by atoms with van der Waals surface area (Å²) in [7, 11) is 0. The molecule has 2 heterocycles. The normalized spacial score (nSPS) is 25.9. The van der Waals surface area contributed by atoms with E-state index in [0.29, 0.717) is 23.5 Å². The maximum absolute atomic E-state index is 12.0. The number of rotatable bonds is 1. The molecule has 15 heavy (non-hydrogen) atoms. The molecule has 1 aliphatic rings. The molecular weight excluding hydrogens is 192 g/mol. The Morgan fingerprint density at radius 2 is 2.40 bits per heavy atom. The van der Waals surface area contributed by atoms with Crippen molar-refractivity contribution in [1.82, 2.24) is 15.1 Å². The van der Waals surface area contributed by atoms with Crippen molar-refractivity contribution in [2.75, 3.05) is 12.3 Å². The van der Waals surface area contributed by atoms with Crippen LogP contribution >= 0.6 is 0 Å². The fraction of sp³-hybridized carbons (Fsp3) is 0.600. The standard InChI is InChI=1S/C10H16N4O/c1-6-3-7(2)14(5-6)10(15)8-4-9(11)13-12-8/h4,6-7H,3,5H2,1-2H3,(H3,11,12,13). The number of H-pyrrole nitrogens is 1. The molecule has 5 nitrogen and oxygen atoms in total. The van der Waals surface area contributed by atoms with Gasteiger partial charge < -0.3 is 10.6 Å². The molecule has 2 rings (SSSR count). The summed E-state index contributed by atoms with van der Waals surface area (Å²) in [5.74, 6) is 0.929. The average molecular weight is 208 g/mol. The molecule has 1 aliphatic heterocycles. The Hall–Kier alpha value is -1.52. The van der Waals surface area contributed by atoms with Crippen molar-refractivity contribution in [3.05, 3.63) is 11.8 Å². The summed E-state index contributed by atoms with van der Waals surface area (Å²) in [5, 5.41) is 6.41. The highest BCUT2D eigenvalue weighted by atomic mass is 16.2. The van der Waals surface area contributed by atoms with Crippen LogP contribution in [0.3, 0.4) is 0 Å². The Morgan fingerprint density at radius 3 is 2.87 bits per heavy atom. The van der Waals surface area contributed by atoms with Gasteiger partial charge >= 0.3 is 0 Å². The number of carbonyl (C=O) groups is 1. The molecule has 2 atom stereocenters. The zero-order valence-electron chi connectivity index (χ0n) is 9.03. The number of carbonyl (C=O) groups excluding carboxylic acids is 1. The van der Waals surface area contributed by atoms with Crippen LogP contribution in [-0.2, 0) is 0 Å². The number of hydrogen-bond donors (Lipinski definition) is 2. The molecule has 3 N–H and O–H groups in total. The lowest BCUT2D eigenvalue weighted by Crippen LogP contribution is -2.34. The molecule has 1 saturated heterocycles. The molecule has 1 fully saturated rings. The van der Waals surface area contributed by atoms with Crippen molar-refractivity contribution in [1.29, 1.82) is 0 Å². The van der Waals surface area contributed by atoms with Gasteiger partial charge in [-0.1, -0.05) is 6.92 Å². The third-order valence-electron chi connectivity index (χ3n) is 2.87. The van der Waals surface area contributed by atoms with Gasteiger partial charge in [-0.25, -0.2) is 0 Å². The van der Waals surface area contributed by atoms with Crippen LogP contribution in [0.5, 0.6) is 0 Å². The van der Waals surface area contributed by atoms with Crippen molar-refractivity contribution < 1.29 is 4.79 Å². The fourth-order valence-corrected chi connectivity index (χ4v) is 2.18. The summed E-state index contributed by atoms with van der Waals surface area (Å²) in [4.78, 5) is 13.9. The molecule has 1 aromatic rings. The molecular formula is C10H16N4O. The third-order valence-corrected chi connectivity index (χ3v) is 2.87. The lowest BCUT2D eigenvalue weighted by atomic mass is 10.1. The van der Waals surface area contributed by atoms with Gasteiger partial charge in [-0.05, 0) is 19.3 Å². The van der Waals surface area contributed by atoms with E-state index in [4.69, 9.17) is 5.73 Å². The highest BCUT2D eigenvalue weighted by Gasteiger charge is 2.31. The zero-order chi connectivity index (χ0) is 11.0. The molecule has 0 aromatic carbocycles. The van der Waals surface area contributed by atoms with Gasteiger partial charge in [0.2, 0.25) is 0 Å². The summed E-state index contributed by atoms with van der Waals surface area (Å²) < 4.78 is 0. The van der Waals surface area contributed by atoms with Gasteiger partial charge in [-0.15, -0.1) is 0 Å². The summed E-state index contributed by atoms with van der Waals surface area (Å²) >= 11 is 0. The van der Waals surface area contributed by atoms with Crippen LogP contribution in [0, 0.1) is 5.92 Å². The van der Waals surface area contributed by atoms with Crippen LogP contribution < -0.4 is 5.73 Å². The SMILES string of the molecule is CC1CC(C)N(C(=O)c2cc(N)n[nH]2)C1. The number of nitrogens with one attached hydrogen (secondary N) is 1. The van der Waals surface area contributed by atoms with Gasteiger partial charge in [0.15, 0.2) is 0 Å². The topological polar surface area (TPSA) is 75.0 Å². The largest absolute Gasteiger partial charge is 0.382 e. The number of nitrogens with two attached hydrogens (primary N) is 1. The van der Waals surface area contributed by atoms with Gasteiger partial charge in [0.25, 0.3) is 5.91 Å². The zero-order valence-corrected chi connectivity index (χ0v) is 9.03. The lowest BCUT2D eigenvalue weighted by molar-refractivity contribution is 0.0738. The number of hydrogen-bond acceptors (Lipinski definition) is 3. The molecule has 5 heteroatoms. The van der Waals surface area contributed by atoms with Crippen molar-refractivity contribution in [3.8, 4) is 0 Å². The molecule has 0 bridgehead atoms. The summed E-state index contributed by atoms with van der Waals surface area (Å²) in [5.41, 5.74) is 5.94. The van der Waals surface area contributed by atoms with E-state index in [2.05, 4.69) is 24.0 Å². The second-order valence-electron chi connectivity index (χ2n) is 4.35. The number of likely N-dealkylation sites (tertiary alicyclic amines) is 1. The molecule has 0 aliphatic carbocycles. The van der Waals surface area contributed by atoms with Crippen LogP contribution in [-0.4, -0.2) is 33.6 Å². The van der Waals surface area contributed by atoms with Gasteiger partial charge in [-0.3, -0.25) is 9.89 Å². The van der Waals surface area contributed by atoms with Crippen molar-refractivity contribution in [3.63, 3.8) is 0 Å². The minimum Gasteiger partial charge on any atom is -0.382 e. The molecule has 0 saturated carbocycles. The van der Waals surface area contributed by atoms with Crippen LogP contribution in [0.2, 0.25) is 0 Å². The summed E-state index contributed by atoms with van der Waals surface area (Å²) in [6.45, 7) is 5.05. The van der Waals surface area contributed by atoms with Gasteiger partial charge in [0.1, 0.15) is 11.5 Å².